The van der Waals surface area contributed by atoms with Crippen LogP contribution in [-0.4, -0.2) is 0 Å². The normalized spacial score (nSPS) is 11.3. The Morgan fingerprint density at radius 2 is 0.688 bits per heavy atom. The highest BCUT2D eigenvalue weighted by atomic mass is 14.2. The Morgan fingerprint density at radius 1 is 0.208 bits per heavy atom. The predicted molar refractivity (Wildman–Crippen MR) is 206 cm³/mol. The molecule has 224 valence electrons. The van der Waals surface area contributed by atoms with Gasteiger partial charge >= 0.3 is 0 Å². The zero-order valence-corrected chi connectivity index (χ0v) is 26.5. The fourth-order valence-corrected chi connectivity index (χ4v) is 7.40. The number of benzene rings is 9. The third-order valence-electron chi connectivity index (χ3n) is 9.64. The van der Waals surface area contributed by atoms with E-state index in [1.165, 1.54) is 88.0 Å². The van der Waals surface area contributed by atoms with E-state index < -0.39 is 0 Å². The van der Waals surface area contributed by atoms with Crippen molar-refractivity contribution in [3.8, 4) is 55.6 Å². The number of fused-ring (bicyclic) bond motifs is 3. The summed E-state index contributed by atoms with van der Waals surface area (Å²) < 4.78 is 0. The molecule has 48 heavy (non-hydrogen) atoms. The van der Waals surface area contributed by atoms with Crippen LogP contribution in [0.25, 0.3) is 88.0 Å². The minimum atomic E-state index is 1.21. The molecule has 0 heterocycles. The lowest BCUT2D eigenvalue weighted by molar-refractivity contribution is 1.57. The summed E-state index contributed by atoms with van der Waals surface area (Å²) in [6.45, 7) is 0. The van der Waals surface area contributed by atoms with Crippen molar-refractivity contribution < 1.29 is 0 Å². The van der Waals surface area contributed by atoms with Crippen LogP contribution in [0.4, 0.5) is 0 Å². The first-order valence-electron chi connectivity index (χ1n) is 16.6. The standard InChI is InChI=1S/C48H32/c1-3-14-33(15-4-1)37-20-13-21-38(30-37)41-29-28-40(32-46(41)39-27-26-34-16-7-8-19-36(34)31-39)48-44-24-11-9-22-42(44)47(35-17-5-2-6-18-35)43-23-10-12-25-45(43)48/h1-32H. The van der Waals surface area contributed by atoms with Crippen LogP contribution in [0.15, 0.2) is 194 Å². The summed E-state index contributed by atoms with van der Waals surface area (Å²) in [6.07, 6.45) is 0. The van der Waals surface area contributed by atoms with E-state index in [0.29, 0.717) is 0 Å². The molecule has 0 saturated carbocycles. The molecular weight excluding hydrogens is 577 g/mol. The lowest BCUT2D eigenvalue weighted by atomic mass is 9.84. The van der Waals surface area contributed by atoms with Gasteiger partial charge in [-0.2, -0.15) is 0 Å². The lowest BCUT2D eigenvalue weighted by Gasteiger charge is -2.19. The summed E-state index contributed by atoms with van der Waals surface area (Å²) >= 11 is 0. The van der Waals surface area contributed by atoms with Crippen LogP contribution >= 0.6 is 0 Å². The Bertz CT molecular complexity index is 2540. The largest absolute Gasteiger partial charge is 0.0622 e. The van der Waals surface area contributed by atoms with Gasteiger partial charge in [-0.15, -0.1) is 0 Å². The molecule has 0 bridgehead atoms. The first-order chi connectivity index (χ1) is 23.8. The highest BCUT2D eigenvalue weighted by Crippen LogP contribution is 2.45. The number of rotatable bonds is 5. The van der Waals surface area contributed by atoms with Gasteiger partial charge in [0.2, 0.25) is 0 Å². The van der Waals surface area contributed by atoms with Gasteiger partial charge in [0.15, 0.2) is 0 Å². The van der Waals surface area contributed by atoms with Crippen LogP contribution in [0, 0.1) is 0 Å². The topological polar surface area (TPSA) is 0 Å². The zero-order chi connectivity index (χ0) is 31.9. The van der Waals surface area contributed by atoms with Gasteiger partial charge in [-0.1, -0.05) is 176 Å². The third-order valence-corrected chi connectivity index (χ3v) is 9.64. The summed E-state index contributed by atoms with van der Waals surface area (Å²) in [5.74, 6) is 0. The molecule has 0 nitrogen and oxygen atoms in total. The van der Waals surface area contributed by atoms with Crippen molar-refractivity contribution in [2.24, 2.45) is 0 Å². The molecule has 0 fully saturated rings. The SMILES string of the molecule is c1ccc(-c2cccc(-c3ccc(-c4c5ccccc5c(-c5ccccc5)c5ccccc45)cc3-c3ccc4ccccc4c3)c2)cc1. The van der Waals surface area contributed by atoms with Crippen molar-refractivity contribution in [2.45, 2.75) is 0 Å². The smallest absolute Gasteiger partial charge is 0.00261 e. The predicted octanol–water partition coefficient (Wildman–Crippen LogP) is 13.5. The second-order valence-electron chi connectivity index (χ2n) is 12.5. The highest BCUT2D eigenvalue weighted by Gasteiger charge is 2.18. The van der Waals surface area contributed by atoms with Crippen molar-refractivity contribution in [1.29, 1.82) is 0 Å². The molecule has 9 rings (SSSR count). The zero-order valence-electron chi connectivity index (χ0n) is 26.5. The van der Waals surface area contributed by atoms with E-state index in [9.17, 15) is 0 Å². The molecule has 9 aromatic carbocycles. The van der Waals surface area contributed by atoms with Crippen molar-refractivity contribution in [1.82, 2.24) is 0 Å². The second-order valence-corrected chi connectivity index (χ2v) is 12.5. The molecule has 0 spiro atoms. The van der Waals surface area contributed by atoms with Gasteiger partial charge < -0.3 is 0 Å². The van der Waals surface area contributed by atoms with Gasteiger partial charge in [-0.25, -0.2) is 0 Å². The number of hydrogen-bond donors (Lipinski definition) is 0. The third kappa shape index (κ3) is 4.87. The molecule has 0 aliphatic carbocycles. The first-order valence-corrected chi connectivity index (χ1v) is 16.6. The summed E-state index contributed by atoms with van der Waals surface area (Å²) in [5, 5.41) is 7.55. The Balaban J connectivity index is 1.32. The van der Waals surface area contributed by atoms with E-state index >= 15 is 0 Å². The highest BCUT2D eigenvalue weighted by molar-refractivity contribution is 6.21. The average molecular weight is 609 g/mol. The van der Waals surface area contributed by atoms with Gasteiger partial charge in [0.25, 0.3) is 0 Å². The van der Waals surface area contributed by atoms with Gasteiger partial charge in [0, 0.05) is 0 Å². The maximum Gasteiger partial charge on any atom is -0.00261 e. The lowest BCUT2D eigenvalue weighted by Crippen LogP contribution is -1.93. The minimum absolute atomic E-state index is 1.21. The second kappa shape index (κ2) is 11.8. The van der Waals surface area contributed by atoms with Crippen LogP contribution in [0.5, 0.6) is 0 Å². The van der Waals surface area contributed by atoms with E-state index in [0.717, 1.165) is 0 Å². The Hall–Kier alpha value is -6.24. The van der Waals surface area contributed by atoms with Crippen molar-refractivity contribution in [2.75, 3.05) is 0 Å². The Labute approximate surface area is 281 Å². The Morgan fingerprint density at radius 3 is 1.35 bits per heavy atom. The summed E-state index contributed by atoms with van der Waals surface area (Å²) in [7, 11) is 0. The van der Waals surface area contributed by atoms with E-state index in [-0.39, 0.29) is 0 Å². The molecular formula is C48H32. The maximum absolute atomic E-state index is 2.42. The molecule has 0 atom stereocenters. The fourth-order valence-electron chi connectivity index (χ4n) is 7.40. The van der Waals surface area contributed by atoms with Crippen molar-refractivity contribution in [3.63, 3.8) is 0 Å². The molecule has 0 aliphatic heterocycles. The van der Waals surface area contributed by atoms with Crippen LogP contribution in [0.3, 0.4) is 0 Å². The van der Waals surface area contributed by atoms with Gasteiger partial charge in [-0.05, 0) is 106 Å². The fraction of sp³-hybridized carbons (Fsp3) is 0. The van der Waals surface area contributed by atoms with Gasteiger partial charge in [0.05, 0.1) is 0 Å². The van der Waals surface area contributed by atoms with E-state index in [4.69, 9.17) is 0 Å². The summed E-state index contributed by atoms with van der Waals surface area (Å²) in [5.41, 5.74) is 12.3. The summed E-state index contributed by atoms with van der Waals surface area (Å²) in [6, 6.07) is 70.8. The van der Waals surface area contributed by atoms with Crippen LogP contribution in [-0.2, 0) is 0 Å². The molecule has 0 radical (unpaired) electrons. The van der Waals surface area contributed by atoms with Crippen molar-refractivity contribution >= 4 is 32.3 Å². The molecule has 9 aromatic rings. The monoisotopic (exact) mass is 608 g/mol. The minimum Gasteiger partial charge on any atom is -0.0622 e. The number of hydrogen-bond acceptors (Lipinski definition) is 0. The quantitative estimate of drug-likeness (QED) is 0.171. The molecule has 0 saturated heterocycles. The van der Waals surface area contributed by atoms with Crippen LogP contribution in [0.2, 0.25) is 0 Å². The first kappa shape index (κ1) is 28.0. The van der Waals surface area contributed by atoms with E-state index in [1.54, 1.807) is 0 Å². The van der Waals surface area contributed by atoms with Crippen LogP contribution in [0.1, 0.15) is 0 Å². The Kier molecular flexibility index (Phi) is 6.91. The maximum atomic E-state index is 2.42. The van der Waals surface area contributed by atoms with Crippen LogP contribution < -0.4 is 0 Å². The molecule has 0 aromatic heterocycles. The van der Waals surface area contributed by atoms with Crippen molar-refractivity contribution in [3.05, 3.63) is 194 Å². The average Bonchev–Trinajstić information content (AvgIpc) is 3.17. The summed E-state index contributed by atoms with van der Waals surface area (Å²) in [4.78, 5) is 0. The molecule has 0 unspecified atom stereocenters. The van der Waals surface area contributed by atoms with E-state index in [1.807, 2.05) is 0 Å². The van der Waals surface area contributed by atoms with Gasteiger partial charge in [0.1, 0.15) is 0 Å². The van der Waals surface area contributed by atoms with E-state index in [2.05, 4.69) is 194 Å². The molecule has 0 amide bonds. The molecule has 0 N–H and O–H groups in total. The molecule has 0 aliphatic rings. The van der Waals surface area contributed by atoms with Gasteiger partial charge in [-0.3, -0.25) is 0 Å². The molecule has 0 heteroatoms.